The van der Waals surface area contributed by atoms with Crippen molar-refractivity contribution >= 4 is 18.0 Å². The third-order valence-corrected chi connectivity index (χ3v) is 2.28. The van der Waals surface area contributed by atoms with Crippen LogP contribution in [0, 0.1) is 0 Å². The van der Waals surface area contributed by atoms with Gasteiger partial charge in [0.05, 0.1) is 0 Å². The summed E-state index contributed by atoms with van der Waals surface area (Å²) < 4.78 is 4.67. The molecule has 4 nitrogen and oxygen atoms in total. The quantitative estimate of drug-likeness (QED) is 0.474. The van der Waals surface area contributed by atoms with Crippen LogP contribution in [0.15, 0.2) is 73.9 Å². The van der Waals surface area contributed by atoms with Crippen molar-refractivity contribution in [3.8, 4) is 0 Å². The first-order valence-corrected chi connectivity index (χ1v) is 6.54. The number of carbonyl (C=O) groups is 2. The van der Waals surface area contributed by atoms with Crippen molar-refractivity contribution in [3.63, 3.8) is 0 Å². The highest BCUT2D eigenvalue weighted by Gasteiger charge is 2.05. The van der Waals surface area contributed by atoms with E-state index in [1.807, 2.05) is 36.4 Å². The van der Waals surface area contributed by atoms with Crippen LogP contribution in [0.1, 0.15) is 12.0 Å². The monoisotopic (exact) mass is 300 g/mol. The van der Waals surface area contributed by atoms with Crippen LogP contribution < -0.4 is 0 Å². The molecule has 22 heavy (non-hydrogen) atoms. The molecule has 1 aromatic carbocycles. The number of ether oxygens (including phenoxy) is 1. The van der Waals surface area contributed by atoms with E-state index in [1.54, 1.807) is 0 Å². The molecule has 1 rings (SSSR count). The molecule has 0 aliphatic carbocycles. The van der Waals surface area contributed by atoms with E-state index in [-0.39, 0.29) is 18.6 Å². The van der Waals surface area contributed by atoms with Crippen molar-refractivity contribution in [1.29, 1.82) is 0 Å². The Morgan fingerprint density at radius 1 is 1.18 bits per heavy atom. The van der Waals surface area contributed by atoms with Crippen molar-refractivity contribution in [2.45, 2.75) is 6.42 Å². The SMILES string of the molecule is C=CCOC(=O)C(=C)CC=CC(=O)O.C=Cc1ccccc1. The van der Waals surface area contributed by atoms with E-state index in [1.165, 1.54) is 17.7 Å². The molecule has 0 spiro atoms. The Labute approximate surface area is 130 Å². The van der Waals surface area contributed by atoms with Gasteiger partial charge in [-0.05, 0) is 12.0 Å². The van der Waals surface area contributed by atoms with Gasteiger partial charge < -0.3 is 9.84 Å². The maximum Gasteiger partial charge on any atom is 0.334 e. The zero-order chi connectivity index (χ0) is 16.8. The summed E-state index contributed by atoms with van der Waals surface area (Å²) in [6.45, 7) is 10.6. The predicted octanol–water partition coefficient (Wildman–Crippen LogP) is 3.63. The van der Waals surface area contributed by atoms with Gasteiger partial charge in [-0.1, -0.05) is 68.3 Å². The molecule has 4 heteroatoms. The lowest BCUT2D eigenvalue weighted by molar-refractivity contribution is -0.138. The van der Waals surface area contributed by atoms with Crippen LogP contribution in [0.2, 0.25) is 0 Å². The van der Waals surface area contributed by atoms with Crippen LogP contribution in [0.3, 0.4) is 0 Å². The Hall–Kier alpha value is -2.88. The maximum absolute atomic E-state index is 11.0. The molecule has 0 aliphatic heterocycles. The third kappa shape index (κ3) is 9.97. The van der Waals surface area contributed by atoms with Crippen LogP contribution in [0.4, 0.5) is 0 Å². The number of hydrogen-bond donors (Lipinski definition) is 1. The average molecular weight is 300 g/mol. The van der Waals surface area contributed by atoms with Gasteiger partial charge in [-0.25, -0.2) is 9.59 Å². The zero-order valence-electron chi connectivity index (χ0n) is 12.4. The molecule has 0 aliphatic rings. The summed E-state index contributed by atoms with van der Waals surface area (Å²) in [6.07, 6.45) is 5.73. The van der Waals surface area contributed by atoms with Crippen molar-refractivity contribution in [1.82, 2.24) is 0 Å². The number of allylic oxidation sites excluding steroid dienone is 1. The molecular formula is C18H20O4. The van der Waals surface area contributed by atoms with Crippen molar-refractivity contribution in [2.24, 2.45) is 0 Å². The zero-order valence-corrected chi connectivity index (χ0v) is 12.4. The summed E-state index contributed by atoms with van der Waals surface area (Å²) >= 11 is 0. The second-order valence-corrected chi connectivity index (χ2v) is 4.05. The van der Waals surface area contributed by atoms with Gasteiger partial charge >= 0.3 is 11.9 Å². The fourth-order valence-electron chi connectivity index (χ4n) is 1.21. The lowest BCUT2D eigenvalue weighted by Gasteiger charge is -2.01. The van der Waals surface area contributed by atoms with E-state index >= 15 is 0 Å². The van der Waals surface area contributed by atoms with Gasteiger partial charge in [0.2, 0.25) is 0 Å². The molecule has 0 saturated heterocycles. The Morgan fingerprint density at radius 3 is 2.27 bits per heavy atom. The van der Waals surface area contributed by atoms with Crippen LogP contribution in [-0.2, 0) is 14.3 Å². The molecule has 0 aromatic heterocycles. The van der Waals surface area contributed by atoms with E-state index in [2.05, 4.69) is 24.5 Å². The highest BCUT2D eigenvalue weighted by Crippen LogP contribution is 2.02. The van der Waals surface area contributed by atoms with Crippen LogP contribution in [0.5, 0.6) is 0 Å². The highest BCUT2D eigenvalue weighted by molar-refractivity contribution is 5.88. The molecule has 0 bridgehead atoms. The standard InChI is InChI=1S/C10H12O4.C8H8/c1-3-7-14-10(13)8(2)5-4-6-9(11)12;1-2-8-6-4-3-5-7-8/h3-4,6H,1-2,5,7H2,(H,11,12);2-7H,1H2. The van der Waals surface area contributed by atoms with Crippen molar-refractivity contribution in [2.75, 3.05) is 6.61 Å². The number of rotatable bonds is 7. The minimum atomic E-state index is -1.06. The van der Waals surface area contributed by atoms with Crippen LogP contribution >= 0.6 is 0 Å². The largest absolute Gasteiger partial charge is 0.478 e. The average Bonchev–Trinajstić information content (AvgIpc) is 2.53. The van der Waals surface area contributed by atoms with Crippen molar-refractivity contribution < 1.29 is 19.4 Å². The molecular weight excluding hydrogens is 280 g/mol. The van der Waals surface area contributed by atoms with E-state index in [9.17, 15) is 9.59 Å². The lowest BCUT2D eigenvalue weighted by Crippen LogP contribution is -2.06. The van der Waals surface area contributed by atoms with Crippen LogP contribution in [-0.4, -0.2) is 23.7 Å². The minimum absolute atomic E-state index is 0.125. The number of aliphatic carboxylic acids is 1. The first-order valence-electron chi connectivity index (χ1n) is 6.54. The predicted molar refractivity (Wildman–Crippen MR) is 88.2 cm³/mol. The number of esters is 1. The first-order chi connectivity index (χ1) is 10.5. The fraction of sp³-hybridized carbons (Fsp3) is 0.111. The molecule has 0 saturated carbocycles. The summed E-state index contributed by atoms with van der Waals surface area (Å²) in [4.78, 5) is 21.1. The Balaban J connectivity index is 0.000000461. The number of carboxylic acid groups (broad SMARTS) is 1. The van der Waals surface area contributed by atoms with Gasteiger partial charge in [0.25, 0.3) is 0 Å². The third-order valence-electron chi connectivity index (χ3n) is 2.28. The summed E-state index contributed by atoms with van der Waals surface area (Å²) in [6, 6.07) is 10.0. The van der Waals surface area contributed by atoms with Gasteiger partial charge in [-0.3, -0.25) is 0 Å². The highest BCUT2D eigenvalue weighted by atomic mass is 16.5. The number of carboxylic acids is 1. The topological polar surface area (TPSA) is 63.6 Å². The van der Waals surface area contributed by atoms with E-state index in [0.717, 1.165) is 6.08 Å². The molecule has 1 N–H and O–H groups in total. The summed E-state index contributed by atoms with van der Waals surface area (Å²) in [5, 5.41) is 8.26. The summed E-state index contributed by atoms with van der Waals surface area (Å²) in [5.41, 5.74) is 1.39. The van der Waals surface area contributed by atoms with E-state index in [4.69, 9.17) is 5.11 Å². The fourth-order valence-corrected chi connectivity index (χ4v) is 1.21. The Morgan fingerprint density at radius 2 is 1.82 bits per heavy atom. The normalized spacial score (nSPS) is 9.27. The molecule has 0 radical (unpaired) electrons. The molecule has 116 valence electrons. The first kappa shape index (κ1) is 19.1. The second-order valence-electron chi connectivity index (χ2n) is 4.05. The van der Waals surface area contributed by atoms with E-state index < -0.39 is 11.9 Å². The Bertz CT molecular complexity index is 541. The van der Waals surface area contributed by atoms with Crippen LogP contribution in [0.25, 0.3) is 6.08 Å². The van der Waals surface area contributed by atoms with Gasteiger partial charge in [0.1, 0.15) is 6.61 Å². The van der Waals surface area contributed by atoms with Crippen molar-refractivity contribution in [3.05, 3.63) is 79.4 Å². The van der Waals surface area contributed by atoms with Gasteiger partial charge in [0, 0.05) is 11.6 Å². The second kappa shape index (κ2) is 11.9. The molecule has 0 unspecified atom stereocenters. The molecule has 1 aromatic rings. The minimum Gasteiger partial charge on any atom is -0.478 e. The van der Waals surface area contributed by atoms with Gasteiger partial charge in [-0.15, -0.1) is 0 Å². The smallest absolute Gasteiger partial charge is 0.334 e. The molecule has 0 fully saturated rings. The number of hydrogen-bond acceptors (Lipinski definition) is 3. The summed E-state index contributed by atoms with van der Waals surface area (Å²) in [7, 11) is 0. The molecule has 0 atom stereocenters. The van der Waals surface area contributed by atoms with Gasteiger partial charge in [0.15, 0.2) is 0 Å². The van der Waals surface area contributed by atoms with Gasteiger partial charge in [-0.2, -0.15) is 0 Å². The summed E-state index contributed by atoms with van der Waals surface area (Å²) in [5.74, 6) is -1.60. The molecule has 0 amide bonds. The Kier molecular flexibility index (Phi) is 10.3. The number of benzene rings is 1. The maximum atomic E-state index is 11.0. The lowest BCUT2D eigenvalue weighted by atomic mass is 10.2. The number of carbonyl (C=O) groups excluding carboxylic acids is 1. The van der Waals surface area contributed by atoms with E-state index in [0.29, 0.717) is 0 Å². The molecule has 0 heterocycles.